The molecule has 0 aliphatic carbocycles. The molecule has 0 N–H and O–H groups in total. The van der Waals surface area contributed by atoms with E-state index < -0.39 is 6.10 Å². The number of allylic oxidation sites excluding steroid dienone is 12. The summed E-state index contributed by atoms with van der Waals surface area (Å²) in [6.45, 7) is 6.55. The Morgan fingerprint density at radius 3 is 0.912 bits per heavy atom. The minimum Gasteiger partial charge on any atom is -0.462 e. The molecule has 6 heteroatoms. The molecular formula is C62H108O6. The van der Waals surface area contributed by atoms with Crippen molar-refractivity contribution in [2.24, 2.45) is 0 Å². The maximum absolute atomic E-state index is 12.8. The summed E-state index contributed by atoms with van der Waals surface area (Å²) in [4.78, 5) is 38.1. The molecule has 392 valence electrons. The van der Waals surface area contributed by atoms with E-state index in [9.17, 15) is 14.4 Å². The van der Waals surface area contributed by atoms with Gasteiger partial charge < -0.3 is 14.2 Å². The molecule has 1 atom stereocenters. The number of hydrogen-bond acceptors (Lipinski definition) is 6. The predicted octanol–water partition coefficient (Wildman–Crippen LogP) is 19.4. The molecular weight excluding hydrogens is 841 g/mol. The molecule has 0 heterocycles. The Bertz CT molecular complexity index is 1270. The molecule has 0 aromatic carbocycles. The molecule has 0 aromatic heterocycles. The lowest BCUT2D eigenvalue weighted by atomic mass is 10.1. The molecule has 0 aliphatic rings. The van der Waals surface area contributed by atoms with Crippen LogP contribution >= 0.6 is 0 Å². The van der Waals surface area contributed by atoms with Crippen molar-refractivity contribution in [3.05, 3.63) is 72.9 Å². The van der Waals surface area contributed by atoms with Crippen LogP contribution in [0.3, 0.4) is 0 Å². The Kier molecular flexibility index (Phi) is 53.8. The van der Waals surface area contributed by atoms with Crippen LogP contribution in [-0.2, 0) is 28.6 Å². The average Bonchev–Trinajstić information content (AvgIpc) is 3.34. The Hall–Kier alpha value is -3.15. The third-order valence-electron chi connectivity index (χ3n) is 12.4. The SMILES string of the molecule is CCCC/C=C\C/C=C\CCCCCCCC(=O)OC[C@H](COC(=O)CCCCCCCCC/C=C\CCCCCCCCCC)OC(=O)CCCCCC/C=C\C/C=C\C/C=C\CCCCC. The van der Waals surface area contributed by atoms with E-state index in [4.69, 9.17) is 14.2 Å². The second kappa shape index (κ2) is 56.4. The highest BCUT2D eigenvalue weighted by atomic mass is 16.6. The smallest absolute Gasteiger partial charge is 0.306 e. The lowest BCUT2D eigenvalue weighted by molar-refractivity contribution is -0.167. The second-order valence-corrected chi connectivity index (χ2v) is 19.2. The largest absolute Gasteiger partial charge is 0.462 e. The summed E-state index contributed by atoms with van der Waals surface area (Å²) in [6.07, 6.45) is 71.7. The summed E-state index contributed by atoms with van der Waals surface area (Å²) < 4.78 is 16.8. The molecule has 0 unspecified atom stereocenters. The van der Waals surface area contributed by atoms with Crippen molar-refractivity contribution < 1.29 is 28.6 Å². The van der Waals surface area contributed by atoms with Crippen LogP contribution in [-0.4, -0.2) is 37.2 Å². The summed E-state index contributed by atoms with van der Waals surface area (Å²) in [5.41, 5.74) is 0. The number of esters is 3. The number of rotatable bonds is 52. The molecule has 0 bridgehead atoms. The first-order valence-corrected chi connectivity index (χ1v) is 28.9. The van der Waals surface area contributed by atoms with Gasteiger partial charge in [0.2, 0.25) is 0 Å². The summed E-state index contributed by atoms with van der Waals surface area (Å²) >= 11 is 0. The third-order valence-corrected chi connectivity index (χ3v) is 12.4. The number of carbonyl (C=O) groups is 3. The van der Waals surface area contributed by atoms with Gasteiger partial charge in [-0.1, -0.05) is 229 Å². The van der Waals surface area contributed by atoms with Crippen LogP contribution in [0.1, 0.15) is 284 Å². The molecule has 0 spiro atoms. The van der Waals surface area contributed by atoms with Crippen LogP contribution in [0.5, 0.6) is 0 Å². The van der Waals surface area contributed by atoms with Crippen LogP contribution < -0.4 is 0 Å². The molecule has 0 radical (unpaired) electrons. The Morgan fingerprint density at radius 2 is 0.544 bits per heavy atom. The van der Waals surface area contributed by atoms with Crippen molar-refractivity contribution in [1.29, 1.82) is 0 Å². The van der Waals surface area contributed by atoms with Gasteiger partial charge in [0.15, 0.2) is 6.10 Å². The zero-order valence-corrected chi connectivity index (χ0v) is 44.9. The lowest BCUT2D eigenvalue weighted by Gasteiger charge is -2.18. The minimum atomic E-state index is -0.795. The first-order valence-electron chi connectivity index (χ1n) is 28.9. The standard InChI is InChI=1S/C62H108O6/c1-4-7-10-13-16-19-22-25-28-30-31-33-34-37-40-43-46-49-52-55-61(64)67-58-59(57-66-60(63)54-51-48-45-42-39-36-27-24-21-18-15-12-9-6-3)68-62(65)56-53-50-47-44-41-38-35-32-29-26-23-20-17-14-11-8-5-2/h15,17-18,20,24,26-27,29-31,35,38,59H,4-14,16,19,21-23,25,28,32-34,36-37,39-58H2,1-3H3/b18-15-,20-17-,27-24-,29-26-,31-30-,38-35-/t59-/m1/s1. The molecule has 0 aliphatic heterocycles. The lowest BCUT2D eigenvalue weighted by Crippen LogP contribution is -2.30. The Balaban J connectivity index is 4.42. The maximum Gasteiger partial charge on any atom is 0.306 e. The van der Waals surface area contributed by atoms with Gasteiger partial charge in [0.1, 0.15) is 13.2 Å². The number of unbranched alkanes of at least 4 members (excludes halogenated alkanes) is 29. The summed E-state index contributed by atoms with van der Waals surface area (Å²) in [7, 11) is 0. The summed E-state index contributed by atoms with van der Waals surface area (Å²) in [6, 6.07) is 0. The van der Waals surface area contributed by atoms with Gasteiger partial charge in [-0.25, -0.2) is 0 Å². The van der Waals surface area contributed by atoms with Crippen LogP contribution in [0.25, 0.3) is 0 Å². The fraction of sp³-hybridized carbons (Fsp3) is 0.758. The molecule has 0 fully saturated rings. The van der Waals surface area contributed by atoms with Crippen molar-refractivity contribution in [3.8, 4) is 0 Å². The highest BCUT2D eigenvalue weighted by molar-refractivity contribution is 5.71. The normalized spacial score (nSPS) is 12.6. The zero-order valence-electron chi connectivity index (χ0n) is 44.9. The van der Waals surface area contributed by atoms with Gasteiger partial charge in [-0.2, -0.15) is 0 Å². The zero-order chi connectivity index (χ0) is 49.3. The highest BCUT2D eigenvalue weighted by Gasteiger charge is 2.19. The van der Waals surface area contributed by atoms with Gasteiger partial charge in [-0.3, -0.25) is 14.4 Å². The molecule has 0 aromatic rings. The van der Waals surface area contributed by atoms with Crippen LogP contribution in [0, 0.1) is 0 Å². The molecule has 6 nitrogen and oxygen atoms in total. The number of hydrogen-bond donors (Lipinski definition) is 0. The van der Waals surface area contributed by atoms with E-state index in [-0.39, 0.29) is 31.1 Å². The predicted molar refractivity (Wildman–Crippen MR) is 293 cm³/mol. The van der Waals surface area contributed by atoms with E-state index >= 15 is 0 Å². The average molecular weight is 950 g/mol. The summed E-state index contributed by atoms with van der Waals surface area (Å²) in [5.74, 6) is -0.924. The van der Waals surface area contributed by atoms with Gasteiger partial charge >= 0.3 is 17.9 Å². The topological polar surface area (TPSA) is 78.9 Å². The quantitative estimate of drug-likeness (QED) is 0.0262. The van der Waals surface area contributed by atoms with Crippen molar-refractivity contribution in [3.63, 3.8) is 0 Å². The van der Waals surface area contributed by atoms with Gasteiger partial charge in [0.25, 0.3) is 0 Å². The Morgan fingerprint density at radius 1 is 0.294 bits per heavy atom. The van der Waals surface area contributed by atoms with Crippen LogP contribution in [0.4, 0.5) is 0 Å². The first-order chi connectivity index (χ1) is 33.5. The molecule has 68 heavy (non-hydrogen) atoms. The molecule has 0 rings (SSSR count). The molecule has 0 amide bonds. The fourth-order valence-electron chi connectivity index (χ4n) is 7.99. The highest BCUT2D eigenvalue weighted by Crippen LogP contribution is 2.15. The fourth-order valence-corrected chi connectivity index (χ4v) is 7.99. The van der Waals surface area contributed by atoms with Crippen LogP contribution in [0.2, 0.25) is 0 Å². The van der Waals surface area contributed by atoms with E-state index in [0.29, 0.717) is 19.3 Å². The van der Waals surface area contributed by atoms with Crippen molar-refractivity contribution in [2.75, 3.05) is 13.2 Å². The van der Waals surface area contributed by atoms with E-state index in [1.54, 1.807) is 0 Å². The molecule has 0 saturated carbocycles. The van der Waals surface area contributed by atoms with Crippen molar-refractivity contribution in [1.82, 2.24) is 0 Å². The number of carbonyl (C=O) groups excluding carboxylic acids is 3. The van der Waals surface area contributed by atoms with E-state index in [0.717, 1.165) is 109 Å². The van der Waals surface area contributed by atoms with Crippen molar-refractivity contribution >= 4 is 17.9 Å². The minimum absolute atomic E-state index is 0.0910. The van der Waals surface area contributed by atoms with Gasteiger partial charge in [-0.15, -0.1) is 0 Å². The van der Waals surface area contributed by atoms with E-state index in [1.165, 1.54) is 135 Å². The van der Waals surface area contributed by atoms with E-state index in [2.05, 4.69) is 93.7 Å². The molecule has 0 saturated heterocycles. The van der Waals surface area contributed by atoms with Gasteiger partial charge in [0, 0.05) is 19.3 Å². The van der Waals surface area contributed by atoms with Gasteiger partial charge in [-0.05, 0) is 109 Å². The maximum atomic E-state index is 12.8. The number of ether oxygens (including phenoxy) is 3. The van der Waals surface area contributed by atoms with E-state index in [1.807, 2.05) is 0 Å². The summed E-state index contributed by atoms with van der Waals surface area (Å²) in [5, 5.41) is 0. The second-order valence-electron chi connectivity index (χ2n) is 19.2. The van der Waals surface area contributed by atoms with Crippen LogP contribution in [0.15, 0.2) is 72.9 Å². The first kappa shape index (κ1) is 64.8. The third kappa shape index (κ3) is 53.8. The monoisotopic (exact) mass is 949 g/mol. The van der Waals surface area contributed by atoms with Crippen molar-refractivity contribution in [2.45, 2.75) is 290 Å². The Labute approximate surface area is 421 Å². The van der Waals surface area contributed by atoms with Gasteiger partial charge in [0.05, 0.1) is 0 Å².